The van der Waals surface area contributed by atoms with Crippen molar-refractivity contribution in [2.75, 3.05) is 44.5 Å². The van der Waals surface area contributed by atoms with E-state index in [2.05, 4.69) is 15.5 Å². The fraction of sp³-hybridized carbons (Fsp3) is 0.375. The third kappa shape index (κ3) is 8.76. The topological polar surface area (TPSA) is 103 Å². The van der Waals surface area contributed by atoms with E-state index in [-0.39, 0.29) is 37.0 Å². The van der Waals surface area contributed by atoms with Crippen LogP contribution >= 0.6 is 23.2 Å². The average molecular weight is 630 g/mol. The van der Waals surface area contributed by atoms with Crippen LogP contribution in [-0.2, 0) is 17.8 Å². The van der Waals surface area contributed by atoms with E-state index >= 15 is 0 Å². The lowest BCUT2D eigenvalue weighted by molar-refractivity contribution is -0.134. The number of amides is 3. The lowest BCUT2D eigenvalue weighted by atomic mass is 10.0. The SMILES string of the molecule is COc1ccc(NC(=O)Nc2ccc3c(c2)CC(=O)N([C@H](C)CO)C[C@@H](C)[C@@H](CN(C)Cc2ccc(Cl)c(Cl)c2)O3)cc1. The number of urea groups is 1. The van der Waals surface area contributed by atoms with Gasteiger partial charge in [-0.1, -0.05) is 36.2 Å². The standard InChI is InChI=1S/C32H38Cl2N4O5/c1-20-16-38(21(2)19-39)31(40)15-23-14-25(36-32(41)35-24-6-9-26(42-4)10-7-24)8-12-29(23)43-30(20)18-37(3)17-22-5-11-27(33)28(34)13-22/h5-14,20-21,30,39H,15-19H2,1-4H3,(H2,35,36,41)/t20-,21-,30-/m1/s1. The Morgan fingerprint density at radius 3 is 2.47 bits per heavy atom. The van der Waals surface area contributed by atoms with Crippen LogP contribution in [-0.4, -0.2) is 72.8 Å². The van der Waals surface area contributed by atoms with Gasteiger partial charge in [0.2, 0.25) is 5.91 Å². The van der Waals surface area contributed by atoms with Crippen molar-refractivity contribution < 1.29 is 24.2 Å². The molecule has 3 atom stereocenters. The van der Waals surface area contributed by atoms with E-state index in [4.69, 9.17) is 32.7 Å². The van der Waals surface area contributed by atoms with Crippen LogP contribution in [0.1, 0.15) is 25.0 Å². The van der Waals surface area contributed by atoms with Gasteiger partial charge in [0, 0.05) is 42.5 Å². The summed E-state index contributed by atoms with van der Waals surface area (Å²) in [6.07, 6.45) is -0.212. The van der Waals surface area contributed by atoms with E-state index in [1.165, 1.54) is 0 Å². The van der Waals surface area contributed by atoms with Crippen molar-refractivity contribution >= 4 is 46.5 Å². The largest absolute Gasteiger partial charge is 0.497 e. The molecule has 0 unspecified atom stereocenters. The Bertz CT molecular complexity index is 1420. The maximum Gasteiger partial charge on any atom is 0.323 e. The molecule has 0 spiro atoms. The van der Waals surface area contributed by atoms with Gasteiger partial charge < -0.3 is 30.1 Å². The van der Waals surface area contributed by atoms with E-state index in [1.54, 1.807) is 60.5 Å². The number of methoxy groups -OCH3 is 1. The number of likely N-dealkylation sites (N-methyl/N-ethyl adjacent to an activating group) is 1. The predicted molar refractivity (Wildman–Crippen MR) is 170 cm³/mol. The van der Waals surface area contributed by atoms with E-state index < -0.39 is 6.03 Å². The fourth-order valence-corrected chi connectivity index (χ4v) is 5.34. The summed E-state index contributed by atoms with van der Waals surface area (Å²) in [5.74, 6) is 1.09. The van der Waals surface area contributed by atoms with Gasteiger partial charge in [0.15, 0.2) is 0 Å². The molecule has 0 fully saturated rings. The Hall–Kier alpha value is -3.50. The highest BCUT2D eigenvalue weighted by atomic mass is 35.5. The smallest absolute Gasteiger partial charge is 0.323 e. The molecule has 3 N–H and O–H groups in total. The van der Waals surface area contributed by atoms with Crippen molar-refractivity contribution in [2.24, 2.45) is 5.92 Å². The number of rotatable bonds is 9. The van der Waals surface area contributed by atoms with Crippen LogP contribution in [0.25, 0.3) is 0 Å². The summed E-state index contributed by atoms with van der Waals surface area (Å²) in [5.41, 5.74) is 2.79. The number of hydrogen-bond acceptors (Lipinski definition) is 6. The zero-order chi connectivity index (χ0) is 31.1. The molecule has 0 radical (unpaired) electrons. The molecule has 230 valence electrons. The minimum atomic E-state index is -0.425. The molecule has 1 heterocycles. The Balaban J connectivity index is 1.55. The second-order valence-corrected chi connectivity index (χ2v) is 11.8. The lowest BCUT2D eigenvalue weighted by Gasteiger charge is -2.34. The highest BCUT2D eigenvalue weighted by molar-refractivity contribution is 6.42. The van der Waals surface area contributed by atoms with E-state index in [1.807, 2.05) is 33.0 Å². The summed E-state index contributed by atoms with van der Waals surface area (Å²) in [6.45, 7) is 5.35. The molecule has 0 saturated heterocycles. The molecule has 3 aromatic carbocycles. The molecular weight excluding hydrogens is 591 g/mol. The molecule has 4 rings (SSSR count). The number of aliphatic hydroxyl groups excluding tert-OH is 1. The Labute approximate surface area is 262 Å². The molecule has 3 amide bonds. The van der Waals surface area contributed by atoms with Gasteiger partial charge in [-0.2, -0.15) is 0 Å². The normalized spacial score (nSPS) is 17.7. The molecule has 1 aliphatic heterocycles. The fourth-order valence-electron chi connectivity index (χ4n) is 5.01. The summed E-state index contributed by atoms with van der Waals surface area (Å²) in [7, 11) is 3.58. The van der Waals surface area contributed by atoms with Crippen LogP contribution in [0.5, 0.6) is 11.5 Å². The number of anilines is 2. The average Bonchev–Trinajstić information content (AvgIpc) is 3.02. The van der Waals surface area contributed by atoms with Gasteiger partial charge in [0.1, 0.15) is 17.6 Å². The zero-order valence-electron chi connectivity index (χ0n) is 24.8. The molecular formula is C32H38Cl2N4O5. The predicted octanol–water partition coefficient (Wildman–Crippen LogP) is 5.93. The molecule has 0 bridgehead atoms. The van der Waals surface area contributed by atoms with Gasteiger partial charge in [-0.05, 0) is 74.1 Å². The quantitative estimate of drug-likeness (QED) is 0.271. The number of aliphatic hydroxyl groups is 1. The number of nitrogens with one attached hydrogen (secondary N) is 2. The zero-order valence-corrected chi connectivity index (χ0v) is 26.3. The van der Waals surface area contributed by atoms with Crippen LogP contribution in [0.4, 0.5) is 16.2 Å². The number of benzene rings is 3. The number of ether oxygens (including phenoxy) is 2. The second-order valence-electron chi connectivity index (χ2n) is 11.0. The van der Waals surface area contributed by atoms with Gasteiger partial charge in [0.05, 0.1) is 36.2 Å². The minimum absolute atomic E-state index is 0.0479. The third-order valence-corrected chi connectivity index (χ3v) is 8.19. The molecule has 0 saturated carbocycles. The van der Waals surface area contributed by atoms with Crippen LogP contribution in [0, 0.1) is 5.92 Å². The van der Waals surface area contributed by atoms with Crippen molar-refractivity contribution in [2.45, 2.75) is 39.0 Å². The number of hydrogen-bond donors (Lipinski definition) is 3. The Morgan fingerprint density at radius 1 is 1.09 bits per heavy atom. The first kappa shape index (κ1) is 32.4. The molecule has 0 aromatic heterocycles. The van der Waals surface area contributed by atoms with Gasteiger partial charge in [-0.3, -0.25) is 9.69 Å². The van der Waals surface area contributed by atoms with Crippen LogP contribution < -0.4 is 20.1 Å². The van der Waals surface area contributed by atoms with Gasteiger partial charge >= 0.3 is 6.03 Å². The van der Waals surface area contributed by atoms with Crippen LogP contribution in [0.2, 0.25) is 10.0 Å². The van der Waals surface area contributed by atoms with Crippen molar-refractivity contribution in [3.05, 3.63) is 81.8 Å². The number of carbonyl (C=O) groups is 2. The Morgan fingerprint density at radius 2 is 1.79 bits per heavy atom. The third-order valence-electron chi connectivity index (χ3n) is 7.45. The van der Waals surface area contributed by atoms with Crippen molar-refractivity contribution in [1.82, 2.24) is 9.80 Å². The number of carbonyl (C=O) groups excluding carboxylic acids is 2. The van der Waals surface area contributed by atoms with Crippen molar-refractivity contribution in [3.8, 4) is 11.5 Å². The lowest BCUT2D eigenvalue weighted by Crippen LogP contribution is -2.47. The monoisotopic (exact) mass is 628 g/mol. The van der Waals surface area contributed by atoms with Gasteiger partial charge in [-0.25, -0.2) is 4.79 Å². The summed E-state index contributed by atoms with van der Waals surface area (Å²) in [5, 5.41) is 16.6. The van der Waals surface area contributed by atoms with Gasteiger partial charge in [0.25, 0.3) is 0 Å². The molecule has 11 heteroatoms. The summed E-state index contributed by atoms with van der Waals surface area (Å²) in [4.78, 5) is 30.1. The highest BCUT2D eigenvalue weighted by Gasteiger charge is 2.31. The molecule has 9 nitrogen and oxygen atoms in total. The van der Waals surface area contributed by atoms with Crippen LogP contribution in [0.15, 0.2) is 60.7 Å². The van der Waals surface area contributed by atoms with Crippen LogP contribution in [0.3, 0.4) is 0 Å². The van der Waals surface area contributed by atoms with Crippen molar-refractivity contribution in [3.63, 3.8) is 0 Å². The maximum atomic E-state index is 13.5. The summed E-state index contributed by atoms with van der Waals surface area (Å²) < 4.78 is 11.8. The highest BCUT2D eigenvalue weighted by Crippen LogP contribution is 2.30. The van der Waals surface area contributed by atoms with E-state index in [0.717, 1.165) is 5.56 Å². The number of halogens is 2. The molecule has 0 aliphatic carbocycles. The summed E-state index contributed by atoms with van der Waals surface area (Å²) >= 11 is 12.3. The van der Waals surface area contributed by atoms with E-state index in [9.17, 15) is 14.7 Å². The Kier molecular flexibility index (Phi) is 11.2. The molecule has 3 aromatic rings. The number of fused-ring (bicyclic) bond motifs is 1. The minimum Gasteiger partial charge on any atom is -0.497 e. The second kappa shape index (κ2) is 14.8. The van der Waals surface area contributed by atoms with Crippen molar-refractivity contribution in [1.29, 1.82) is 0 Å². The number of nitrogens with zero attached hydrogens (tertiary/aromatic N) is 2. The first-order chi connectivity index (χ1) is 20.6. The molecule has 43 heavy (non-hydrogen) atoms. The first-order valence-corrected chi connectivity index (χ1v) is 14.9. The van der Waals surface area contributed by atoms with Gasteiger partial charge in [-0.15, -0.1) is 0 Å². The van der Waals surface area contributed by atoms with E-state index in [0.29, 0.717) is 58.1 Å². The summed E-state index contributed by atoms with van der Waals surface area (Å²) in [6, 6.07) is 17.1. The first-order valence-electron chi connectivity index (χ1n) is 14.1. The molecule has 1 aliphatic rings. The maximum absolute atomic E-state index is 13.5.